The first-order valence-electron chi connectivity index (χ1n) is 20.1. The van der Waals surface area contributed by atoms with Crippen LogP contribution < -0.4 is 4.90 Å². The van der Waals surface area contributed by atoms with Crippen molar-refractivity contribution >= 4 is 49.8 Å². The second-order valence-corrected chi connectivity index (χ2v) is 14.9. The minimum atomic E-state index is 0.592. The number of fused-ring (bicyclic) bond motifs is 4. The second-order valence-electron chi connectivity index (χ2n) is 14.9. The van der Waals surface area contributed by atoms with Crippen molar-refractivity contribution in [3.05, 3.63) is 218 Å². The minimum absolute atomic E-state index is 0.592. The molecule has 0 N–H and O–H groups in total. The quantitative estimate of drug-likeness (QED) is 0.154. The number of hydrogen-bond acceptors (Lipinski definition) is 5. The van der Waals surface area contributed by atoms with Gasteiger partial charge in [-0.15, -0.1) is 0 Å². The summed E-state index contributed by atoms with van der Waals surface area (Å²) in [6, 6.07) is 75.8. The Kier molecular flexibility index (Phi) is 8.75. The van der Waals surface area contributed by atoms with Crippen molar-refractivity contribution in [1.82, 2.24) is 15.0 Å². The third-order valence-corrected chi connectivity index (χ3v) is 11.1. The van der Waals surface area contributed by atoms with E-state index in [1.807, 2.05) is 48.5 Å². The van der Waals surface area contributed by atoms with Crippen molar-refractivity contribution in [3.63, 3.8) is 0 Å². The van der Waals surface area contributed by atoms with Gasteiger partial charge in [-0.25, -0.2) is 15.0 Å². The summed E-state index contributed by atoms with van der Waals surface area (Å²) < 4.78 is 6.64. The Labute approximate surface area is 347 Å². The molecule has 0 atom stereocenters. The van der Waals surface area contributed by atoms with Crippen LogP contribution in [0.25, 0.3) is 89.1 Å². The van der Waals surface area contributed by atoms with Gasteiger partial charge in [-0.3, -0.25) is 0 Å². The van der Waals surface area contributed by atoms with Crippen LogP contribution >= 0.6 is 0 Å². The van der Waals surface area contributed by atoms with Crippen molar-refractivity contribution < 1.29 is 4.42 Å². The Morgan fingerprint density at radius 1 is 0.317 bits per heavy atom. The molecule has 0 aliphatic heterocycles. The molecule has 0 spiro atoms. The molecule has 0 saturated heterocycles. The summed E-state index contributed by atoms with van der Waals surface area (Å²) >= 11 is 0. The predicted octanol–water partition coefficient (Wildman–Crippen LogP) is 14.7. The van der Waals surface area contributed by atoms with Gasteiger partial charge in [0.1, 0.15) is 11.2 Å². The maximum Gasteiger partial charge on any atom is 0.164 e. The average Bonchev–Trinajstić information content (AvgIpc) is 3.71. The summed E-state index contributed by atoms with van der Waals surface area (Å²) in [6.45, 7) is 0. The van der Waals surface area contributed by atoms with E-state index < -0.39 is 0 Å². The molecule has 11 rings (SSSR count). The van der Waals surface area contributed by atoms with Crippen LogP contribution in [0.15, 0.2) is 223 Å². The smallest absolute Gasteiger partial charge is 0.164 e. The highest BCUT2D eigenvalue weighted by Gasteiger charge is 2.19. The van der Waals surface area contributed by atoms with Crippen molar-refractivity contribution in [1.29, 1.82) is 0 Å². The molecule has 9 aromatic carbocycles. The first-order valence-corrected chi connectivity index (χ1v) is 20.1. The van der Waals surface area contributed by atoms with Gasteiger partial charge in [0.15, 0.2) is 17.5 Å². The summed E-state index contributed by atoms with van der Waals surface area (Å²) in [6.07, 6.45) is 0. The highest BCUT2D eigenvalue weighted by Crippen LogP contribution is 2.41. The Balaban J connectivity index is 0.996. The fourth-order valence-corrected chi connectivity index (χ4v) is 8.14. The standard InChI is InChI=1S/C55H36N4O/c1-4-14-37(15-5-1)39-28-31-46(32-29-39)59(45-21-8-3-9-22-45)47-23-12-20-42(35-47)43-30-33-48-51(36-43)60-50-25-13-24-49(52(48)50)55-57-53(40-17-6-2-7-18-40)56-54(58-55)44-27-26-38-16-10-11-19-41(38)34-44/h1-36H. The van der Waals surface area contributed by atoms with E-state index >= 15 is 0 Å². The van der Waals surface area contributed by atoms with Gasteiger partial charge in [0, 0.05) is 44.5 Å². The molecule has 0 aliphatic carbocycles. The number of anilines is 3. The summed E-state index contributed by atoms with van der Waals surface area (Å²) in [5.74, 6) is 1.83. The molecule has 2 heterocycles. The van der Waals surface area contributed by atoms with E-state index in [1.54, 1.807) is 0 Å². The topological polar surface area (TPSA) is 55.1 Å². The average molecular weight is 769 g/mol. The van der Waals surface area contributed by atoms with E-state index in [9.17, 15) is 0 Å². The molecular weight excluding hydrogens is 733 g/mol. The van der Waals surface area contributed by atoms with Crippen LogP contribution in [0.5, 0.6) is 0 Å². The molecule has 5 nitrogen and oxygen atoms in total. The lowest BCUT2D eigenvalue weighted by molar-refractivity contribution is 0.669. The van der Waals surface area contributed by atoms with E-state index in [0.717, 1.165) is 72.2 Å². The van der Waals surface area contributed by atoms with E-state index in [4.69, 9.17) is 19.4 Å². The fraction of sp³-hybridized carbons (Fsp3) is 0. The molecule has 0 amide bonds. The molecular formula is C55H36N4O. The number of hydrogen-bond donors (Lipinski definition) is 0. The minimum Gasteiger partial charge on any atom is -0.456 e. The van der Waals surface area contributed by atoms with E-state index in [1.165, 1.54) is 16.5 Å². The van der Waals surface area contributed by atoms with Crippen LogP contribution in [0.1, 0.15) is 0 Å². The van der Waals surface area contributed by atoms with Gasteiger partial charge in [0.05, 0.1) is 0 Å². The number of nitrogens with zero attached hydrogens (tertiary/aromatic N) is 4. The summed E-state index contributed by atoms with van der Waals surface area (Å²) in [7, 11) is 0. The highest BCUT2D eigenvalue weighted by atomic mass is 16.3. The van der Waals surface area contributed by atoms with Gasteiger partial charge in [-0.2, -0.15) is 0 Å². The normalized spacial score (nSPS) is 11.3. The van der Waals surface area contributed by atoms with Gasteiger partial charge in [0.2, 0.25) is 0 Å². The van der Waals surface area contributed by atoms with Gasteiger partial charge in [-0.1, -0.05) is 158 Å². The van der Waals surface area contributed by atoms with Crippen LogP contribution in [-0.2, 0) is 0 Å². The Bertz CT molecular complexity index is 3310. The van der Waals surface area contributed by atoms with E-state index in [0.29, 0.717) is 17.5 Å². The molecule has 0 fully saturated rings. The van der Waals surface area contributed by atoms with Crippen molar-refractivity contribution in [2.75, 3.05) is 4.90 Å². The maximum absolute atomic E-state index is 6.64. The lowest BCUT2D eigenvalue weighted by atomic mass is 10.0. The Hall–Kier alpha value is -8.15. The Morgan fingerprint density at radius 2 is 0.867 bits per heavy atom. The van der Waals surface area contributed by atoms with Crippen LogP contribution in [-0.4, -0.2) is 15.0 Å². The third kappa shape index (κ3) is 6.54. The highest BCUT2D eigenvalue weighted by molar-refractivity contribution is 6.12. The number of benzene rings is 9. The molecule has 0 unspecified atom stereocenters. The molecule has 0 bridgehead atoms. The monoisotopic (exact) mass is 768 g/mol. The number of aromatic nitrogens is 3. The molecule has 0 aliphatic rings. The first-order chi connectivity index (χ1) is 29.7. The van der Waals surface area contributed by atoms with Gasteiger partial charge in [-0.05, 0) is 93.7 Å². The molecule has 5 heteroatoms. The zero-order valence-corrected chi connectivity index (χ0v) is 32.5. The van der Waals surface area contributed by atoms with Crippen molar-refractivity contribution in [3.8, 4) is 56.4 Å². The lowest BCUT2D eigenvalue weighted by Crippen LogP contribution is -2.09. The SMILES string of the molecule is c1ccc(-c2ccc(N(c3ccccc3)c3cccc(-c4ccc5c(c4)oc4cccc(-c6nc(-c7ccccc7)nc(-c7ccc8ccccc8c7)n6)c45)c3)cc2)cc1. The summed E-state index contributed by atoms with van der Waals surface area (Å²) in [5.41, 5.74) is 12.1. The van der Waals surface area contributed by atoms with Crippen LogP contribution in [0.3, 0.4) is 0 Å². The van der Waals surface area contributed by atoms with Crippen LogP contribution in [0, 0.1) is 0 Å². The molecule has 282 valence electrons. The van der Waals surface area contributed by atoms with Gasteiger partial charge in [0.25, 0.3) is 0 Å². The van der Waals surface area contributed by atoms with Crippen molar-refractivity contribution in [2.24, 2.45) is 0 Å². The zero-order chi connectivity index (χ0) is 39.8. The second kappa shape index (κ2) is 15.0. The summed E-state index contributed by atoms with van der Waals surface area (Å²) in [5, 5.41) is 4.27. The van der Waals surface area contributed by atoms with Crippen LogP contribution in [0.4, 0.5) is 17.1 Å². The third-order valence-electron chi connectivity index (χ3n) is 11.1. The molecule has 0 radical (unpaired) electrons. The van der Waals surface area contributed by atoms with Gasteiger partial charge < -0.3 is 9.32 Å². The predicted molar refractivity (Wildman–Crippen MR) is 246 cm³/mol. The molecule has 60 heavy (non-hydrogen) atoms. The maximum atomic E-state index is 6.64. The van der Waals surface area contributed by atoms with Gasteiger partial charge >= 0.3 is 0 Å². The first kappa shape index (κ1) is 35.0. The summed E-state index contributed by atoms with van der Waals surface area (Å²) in [4.78, 5) is 17.5. The fourth-order valence-electron chi connectivity index (χ4n) is 8.14. The zero-order valence-electron chi connectivity index (χ0n) is 32.5. The Morgan fingerprint density at radius 3 is 1.65 bits per heavy atom. The lowest BCUT2D eigenvalue weighted by Gasteiger charge is -2.26. The molecule has 0 saturated carbocycles. The molecule has 2 aromatic heterocycles. The largest absolute Gasteiger partial charge is 0.456 e. The number of rotatable bonds is 8. The molecule has 11 aromatic rings. The number of para-hydroxylation sites is 1. The van der Waals surface area contributed by atoms with E-state index in [-0.39, 0.29) is 0 Å². The van der Waals surface area contributed by atoms with Crippen LogP contribution in [0.2, 0.25) is 0 Å². The number of furan rings is 1. The van der Waals surface area contributed by atoms with E-state index in [2.05, 4.69) is 175 Å². The van der Waals surface area contributed by atoms with Crippen molar-refractivity contribution in [2.45, 2.75) is 0 Å².